The first-order valence-corrected chi connectivity index (χ1v) is 76.9. The topological polar surface area (TPSA) is 219 Å². The van der Waals surface area contributed by atoms with Gasteiger partial charge >= 0.3 is 0 Å². The molecule has 20 nitrogen and oxygen atoms in total. The second-order valence-corrected chi connectivity index (χ2v) is 86.4. The molecule has 10 saturated heterocycles. The van der Waals surface area contributed by atoms with E-state index in [9.17, 15) is 19.5 Å². The molecule has 13 aliphatic heterocycles. The number of ether oxygens (including phenoxy) is 10. The lowest BCUT2D eigenvalue weighted by molar-refractivity contribution is -0.266. The quantitative estimate of drug-likeness (QED) is 0.0286. The zero-order valence-electron chi connectivity index (χ0n) is 99.9. The third-order valence-corrected chi connectivity index (χ3v) is 66.8. The number of hydrogen-bond acceptors (Lipinski definition) is 20. The number of rotatable bonds is 32. The fourth-order valence-electron chi connectivity index (χ4n) is 22.8. The minimum absolute atomic E-state index is 0.00127. The summed E-state index contributed by atoms with van der Waals surface area (Å²) in [6.07, 6.45) is 20.0. The Hall–Kier alpha value is -1.20. The van der Waals surface area contributed by atoms with Crippen molar-refractivity contribution in [2.24, 2.45) is 47.3 Å². The van der Waals surface area contributed by atoms with Crippen molar-refractivity contribution < 1.29 is 93.4 Å². The van der Waals surface area contributed by atoms with Crippen molar-refractivity contribution in [3.63, 3.8) is 0 Å². The Balaban J connectivity index is 0.000000301. The monoisotopic (exact) mass is 2270 g/mol. The van der Waals surface area contributed by atoms with Gasteiger partial charge in [0, 0.05) is 44.9 Å². The van der Waals surface area contributed by atoms with Gasteiger partial charge in [-0.25, -0.2) is 0 Å². The Bertz CT molecular complexity index is 4340. The molecule has 0 aromatic heterocycles. The normalized spacial score (nSPS) is 37.0. The van der Waals surface area contributed by atoms with Gasteiger partial charge in [-0.2, -0.15) is 0 Å². The first-order valence-electron chi connectivity index (χ1n) is 58.2. The van der Waals surface area contributed by atoms with E-state index in [1.165, 1.54) is 0 Å². The molecule has 7 unspecified atom stereocenters. The average molecular weight is 2270 g/mol. The number of aliphatic hydroxyl groups is 1. The highest BCUT2D eigenvalue weighted by Gasteiger charge is 2.62. The van der Waals surface area contributed by atoms with Crippen LogP contribution in [0.15, 0.2) is 70.9 Å². The van der Waals surface area contributed by atoms with Crippen LogP contribution in [0.25, 0.3) is 0 Å². The fraction of sp³-hybridized carbons (Fsp3) is 0.875. The van der Waals surface area contributed by atoms with Crippen molar-refractivity contribution in [1.82, 2.24) is 0 Å². The molecule has 13 aliphatic rings. The average Bonchev–Trinajstić information content (AvgIpc) is 1.54. The number of Topliss-reactive ketones (excluding diaryl/α,β-unsaturated/α-hetero) is 2. The second-order valence-electron chi connectivity index (χ2n) is 57.2. The summed E-state index contributed by atoms with van der Waals surface area (Å²) in [5.41, 5.74) is 4.51. The van der Waals surface area contributed by atoms with Crippen LogP contribution in [0.1, 0.15) is 347 Å². The Labute approximate surface area is 915 Å². The third-order valence-electron chi connectivity index (χ3n) is 39.5. The van der Waals surface area contributed by atoms with E-state index in [1.54, 1.807) is 0 Å². The van der Waals surface area contributed by atoms with Gasteiger partial charge in [0.25, 0.3) is 0 Å². The van der Waals surface area contributed by atoms with Gasteiger partial charge in [-0.05, 0) is 298 Å². The Morgan fingerprint density at radius 2 is 0.952 bits per heavy atom. The summed E-state index contributed by atoms with van der Waals surface area (Å²) in [4.78, 5) is 40.6. The summed E-state index contributed by atoms with van der Waals surface area (Å²) in [5, 5.41) is 11.4. The van der Waals surface area contributed by atoms with Gasteiger partial charge in [0.15, 0.2) is 49.9 Å². The van der Waals surface area contributed by atoms with E-state index in [1.807, 2.05) is 6.08 Å². The number of aldehydes is 1. The van der Waals surface area contributed by atoms with Crippen molar-refractivity contribution in [2.75, 3.05) is 0 Å². The zero-order chi connectivity index (χ0) is 110. The highest BCUT2D eigenvalue weighted by Crippen LogP contribution is 2.55. The van der Waals surface area contributed by atoms with Crippen molar-refractivity contribution in [3.05, 3.63) is 70.9 Å². The summed E-state index contributed by atoms with van der Waals surface area (Å²) in [5.74, 6) is 2.68. The summed E-state index contributed by atoms with van der Waals surface area (Å²) in [7, 11) is -14.6. The van der Waals surface area contributed by atoms with Gasteiger partial charge in [0.05, 0.1) is 116 Å². The predicted molar refractivity (Wildman–Crippen MR) is 623 cm³/mol. The molecule has 10 fully saturated rings. The van der Waals surface area contributed by atoms with Crippen LogP contribution in [0, 0.1) is 47.3 Å². The van der Waals surface area contributed by atoms with Crippen molar-refractivity contribution in [1.29, 1.82) is 0 Å². The lowest BCUT2D eigenvalue weighted by atomic mass is 9.78. The van der Waals surface area contributed by atoms with E-state index in [0.717, 1.165) is 138 Å². The van der Waals surface area contributed by atoms with Crippen molar-refractivity contribution in [2.45, 2.75) is 621 Å². The van der Waals surface area contributed by atoms with Crippen LogP contribution in [-0.2, 0) is 88.3 Å². The summed E-state index contributed by atoms with van der Waals surface area (Å²) >= 11 is 2.32. The summed E-state index contributed by atoms with van der Waals surface area (Å²) in [6.45, 7) is 105. The molecule has 0 radical (unpaired) electrons. The van der Waals surface area contributed by atoms with Crippen molar-refractivity contribution in [3.8, 4) is 0 Å². The van der Waals surface area contributed by atoms with E-state index < -0.39 is 111 Å². The van der Waals surface area contributed by atoms with Gasteiger partial charge in [0.1, 0.15) is 66.7 Å². The molecule has 0 amide bonds. The third kappa shape index (κ3) is 32.9. The predicted octanol–water partition coefficient (Wildman–Crippen LogP) is 29.7. The molecule has 13 heterocycles. The summed E-state index contributed by atoms with van der Waals surface area (Å²) < 4.78 is 118. The molecule has 0 aromatic carbocycles. The second kappa shape index (κ2) is 51.6. The van der Waals surface area contributed by atoms with Gasteiger partial charge < -0.3 is 83.8 Å². The Morgan fingerprint density at radius 1 is 0.456 bits per heavy atom. The van der Waals surface area contributed by atoms with Gasteiger partial charge in [0.2, 0.25) is 0 Å². The maximum atomic E-state index is 14.8. The van der Waals surface area contributed by atoms with E-state index in [-0.39, 0.29) is 169 Å². The van der Waals surface area contributed by atoms with E-state index in [4.69, 9.17) is 73.9 Å². The van der Waals surface area contributed by atoms with Gasteiger partial charge in [-0.3, -0.25) is 9.59 Å². The zero-order valence-corrected chi connectivity index (χ0v) is 108. The molecule has 27 heteroatoms. The highest BCUT2D eigenvalue weighted by atomic mass is 127. The molecule has 0 aliphatic carbocycles. The highest BCUT2D eigenvalue weighted by molar-refractivity contribution is 14.1. The molecule has 0 spiro atoms. The molecular weight excluding hydrogens is 2060 g/mol. The molecule has 1 N–H and O–H groups in total. The number of ketones is 2. The smallest absolute Gasteiger partial charge is 0.193 e. The Kier molecular flexibility index (Phi) is 44.8. The molecule has 147 heavy (non-hydrogen) atoms. The largest absolute Gasteiger partial charge is 0.408 e. The number of carbonyl (C=O) groups is 3. The number of fused-ring (bicyclic) bond motifs is 3. The van der Waals surface area contributed by atoms with Crippen LogP contribution < -0.4 is 0 Å². The minimum Gasteiger partial charge on any atom is -0.408 e. The molecule has 35 atom stereocenters. The first kappa shape index (κ1) is 128. The summed E-state index contributed by atoms with van der Waals surface area (Å²) in [6, 6.07) is 0. The number of aliphatic hydroxyl groups excluding tert-OH is 1. The lowest BCUT2D eigenvalue weighted by Gasteiger charge is -2.56. The molecule has 0 aromatic rings. The maximum absolute atomic E-state index is 14.8. The molecule has 0 saturated carbocycles. The molecular formula is C120H215IO20Si6. The van der Waals surface area contributed by atoms with Crippen LogP contribution in [0.2, 0.25) is 109 Å². The standard InChI is InChI=1S/C60H107IO10Si3.C60H108O10Si3/c1-22-38(2)32-51-42(6)47(53(67-51)37-52-41(5)39(3)33-45(65-52)25-27-48-40(4)34-44(64-48)24-23-31-62)36-43(63)35-46-26-28-49-54(66-46)56(70-73(18,19)59(10,11)12)57(71-74(20,21)60(13,14)15)55(68-49)50(29-30-61)69-72(16,17)58(7,8)9;1-22-37(2)31-51-41(6)47-35-43(62)34-46-27-30-49-54(65-46)56(69-72(18,19)59(10,11)12)57(70-73(20,21)60(13,14)15)55(67-49)50(68-71(16,17)58(7,8)9)28-24-42(61)23-25-44-33-39(4)48(63-44)29-26-45-32-38(3)40(5)52(64-45)36-53(47)66-51/h29-31,38-39,42,44-57H,4-5,22-28,32-37H2,1-3,6-21H3;24,28,37-38,41-42,44-57,61H,4-5,22-23,25-27,29-36H2,1-3,6-21H3/b30-29+;28-24+/t38-,39-,42-,44+,45+,46?,47-,48?,49+,50+,51-,52?,53+,54+,55+,56+,57-;37-,38-,41-,42?,44+,45+,46?,47-,48?,49+,50+,51-,52?,53+,54+,55+,56+,57-/m11/s1. The van der Waals surface area contributed by atoms with Crippen LogP contribution >= 0.6 is 22.6 Å². The van der Waals surface area contributed by atoms with Crippen LogP contribution in [0.5, 0.6) is 0 Å². The van der Waals surface area contributed by atoms with Crippen LogP contribution in [0.4, 0.5) is 0 Å². The van der Waals surface area contributed by atoms with Crippen LogP contribution in [0.3, 0.4) is 0 Å². The maximum Gasteiger partial charge on any atom is 0.193 e. The van der Waals surface area contributed by atoms with E-state index >= 15 is 0 Å². The molecule has 846 valence electrons. The first-order chi connectivity index (χ1) is 67.7. The van der Waals surface area contributed by atoms with Crippen molar-refractivity contribution >= 4 is 90.3 Å². The molecule has 13 rings (SSSR count). The van der Waals surface area contributed by atoms with Crippen LogP contribution in [-0.4, -0.2) is 238 Å². The van der Waals surface area contributed by atoms with Gasteiger partial charge in [-0.15, -0.1) is 0 Å². The fourth-order valence-corrected chi connectivity index (χ4v) is 30.9. The van der Waals surface area contributed by atoms with E-state index in [0.29, 0.717) is 81.5 Å². The van der Waals surface area contributed by atoms with E-state index in [2.05, 4.69) is 324 Å². The number of hydrogen-bond donors (Lipinski definition) is 1. The Morgan fingerprint density at radius 3 is 1.52 bits per heavy atom. The minimum atomic E-state index is -2.52. The lowest BCUT2D eigenvalue weighted by Crippen LogP contribution is -2.69. The number of halogens is 1. The van der Waals surface area contributed by atoms with Gasteiger partial charge in [-0.1, -0.05) is 254 Å². The SMILES string of the molecule is C=C1C[C@@H]2CCC(O)/C=C/[C@H](O[Si](C)(C)C(C)(C)C)[C@@H]3O[C@H]4CCC(CC(=O)C[C@@H]5[C@@H](C)[C@@H](C[C@H](C)CC)O[C@H]5CC5O[C@@H](CCC1O2)C[C@@H](C)C5=C)O[C@@H]4[C@H](O[Si](C)(C)C(C)(C)C)[C@@H]3O[Si](C)(C)C(C)(C)C.C=C1C[C@H](CCC=O)OC1CC[C@H]1C[C@@H](C)C(=C)C(C[C@@H]2O[C@H](C[C@H](C)CC)[C@H](C)[C@H]2CC(=O)CC2CC[C@@H]3O[C@@H]([C@H](/C=C/I)O[Si](C)(C)C(C)(C)C)[C@@H](O[Si](C)(C)C(C)(C)C)[C@@H](O[Si](C)(C)C(C)(C)C)[C@H]3O2)O1. The molecule has 8 bridgehead atoms. The number of carbonyl (C=O) groups excluding carboxylic acids is 3.